The van der Waals surface area contributed by atoms with E-state index >= 15 is 0 Å². The number of ether oxygens (including phenoxy) is 2. The zero-order valence-electron chi connectivity index (χ0n) is 16.1. The molecule has 146 valence electrons. The van der Waals surface area contributed by atoms with Crippen molar-refractivity contribution in [3.05, 3.63) is 53.0 Å². The predicted molar refractivity (Wildman–Crippen MR) is 110 cm³/mol. The van der Waals surface area contributed by atoms with Crippen molar-refractivity contribution in [1.82, 2.24) is 14.8 Å². The van der Waals surface area contributed by atoms with Crippen LogP contribution in [0, 0.1) is 0 Å². The second-order valence-corrected chi connectivity index (χ2v) is 7.83. The topological polar surface area (TPSA) is 54.9 Å². The molecule has 0 spiro atoms. The molecule has 0 radical (unpaired) electrons. The number of para-hydroxylation sites is 1. The van der Waals surface area contributed by atoms with Gasteiger partial charge in [0.2, 0.25) is 0 Å². The van der Waals surface area contributed by atoms with Crippen molar-refractivity contribution in [3.8, 4) is 11.5 Å². The molecule has 0 saturated carbocycles. The summed E-state index contributed by atoms with van der Waals surface area (Å²) in [6, 6.07) is 13.5. The Balaban J connectivity index is 1.37. The van der Waals surface area contributed by atoms with Gasteiger partial charge in [0.25, 0.3) is 5.91 Å². The number of carbonyl (C=O) groups is 1. The van der Waals surface area contributed by atoms with E-state index in [0.29, 0.717) is 30.2 Å². The van der Waals surface area contributed by atoms with Crippen LogP contribution in [-0.4, -0.2) is 61.1 Å². The quantitative estimate of drug-likeness (QED) is 0.661. The van der Waals surface area contributed by atoms with Crippen LogP contribution in [0.25, 0.3) is 10.2 Å². The third-order valence-electron chi connectivity index (χ3n) is 4.99. The molecule has 4 rings (SSSR count). The number of aromatic nitrogens is 1. The molecule has 0 atom stereocenters. The van der Waals surface area contributed by atoms with E-state index in [1.807, 2.05) is 17.0 Å². The lowest BCUT2D eigenvalue weighted by molar-refractivity contribution is 0.0628. The first-order valence-corrected chi connectivity index (χ1v) is 10.1. The van der Waals surface area contributed by atoms with Crippen LogP contribution < -0.4 is 9.47 Å². The molecule has 2 aromatic carbocycles. The number of methoxy groups -OCH3 is 2. The van der Waals surface area contributed by atoms with E-state index in [1.54, 1.807) is 43.8 Å². The van der Waals surface area contributed by atoms with Gasteiger partial charge in [-0.25, -0.2) is 4.98 Å². The third-order valence-corrected chi connectivity index (χ3v) is 6.01. The van der Waals surface area contributed by atoms with Gasteiger partial charge in [0.15, 0.2) is 11.5 Å². The zero-order chi connectivity index (χ0) is 19.5. The fourth-order valence-corrected chi connectivity index (χ4v) is 4.45. The van der Waals surface area contributed by atoms with Gasteiger partial charge >= 0.3 is 0 Å². The minimum Gasteiger partial charge on any atom is -0.493 e. The van der Waals surface area contributed by atoms with E-state index in [-0.39, 0.29) is 5.91 Å². The zero-order valence-corrected chi connectivity index (χ0v) is 16.9. The highest BCUT2D eigenvalue weighted by Gasteiger charge is 2.23. The van der Waals surface area contributed by atoms with Crippen molar-refractivity contribution in [2.45, 2.75) is 6.54 Å². The Hall–Kier alpha value is -2.64. The minimum atomic E-state index is 0.0283. The number of carbonyl (C=O) groups excluding carboxylic acids is 1. The van der Waals surface area contributed by atoms with E-state index in [4.69, 9.17) is 14.5 Å². The Morgan fingerprint density at radius 3 is 2.50 bits per heavy atom. The van der Waals surface area contributed by atoms with Gasteiger partial charge in [0, 0.05) is 31.7 Å². The molecule has 0 unspecified atom stereocenters. The molecule has 3 aromatic rings. The van der Waals surface area contributed by atoms with E-state index in [0.717, 1.165) is 30.2 Å². The maximum Gasteiger partial charge on any atom is 0.254 e. The van der Waals surface area contributed by atoms with Gasteiger partial charge in [-0.2, -0.15) is 0 Å². The monoisotopic (exact) mass is 397 g/mol. The predicted octanol–water partition coefficient (Wildman–Crippen LogP) is 3.27. The van der Waals surface area contributed by atoms with E-state index in [1.165, 1.54) is 4.70 Å². The summed E-state index contributed by atoms with van der Waals surface area (Å²) < 4.78 is 11.8. The number of hydrogen-bond donors (Lipinski definition) is 0. The van der Waals surface area contributed by atoms with E-state index in [9.17, 15) is 4.79 Å². The maximum atomic E-state index is 12.9. The molecule has 2 heterocycles. The Labute approximate surface area is 168 Å². The summed E-state index contributed by atoms with van der Waals surface area (Å²) in [5, 5.41) is 1.13. The number of fused-ring (bicyclic) bond motifs is 1. The molecule has 28 heavy (non-hydrogen) atoms. The highest BCUT2D eigenvalue weighted by molar-refractivity contribution is 7.18. The number of piperazine rings is 1. The highest BCUT2D eigenvalue weighted by Crippen LogP contribution is 2.28. The van der Waals surface area contributed by atoms with Crippen LogP contribution in [-0.2, 0) is 6.54 Å². The van der Waals surface area contributed by atoms with Crippen molar-refractivity contribution in [1.29, 1.82) is 0 Å². The fourth-order valence-electron chi connectivity index (χ4n) is 3.44. The standard InChI is InChI=1S/C21H23N3O3S/c1-26-17-8-7-15(13-18(17)27-2)21(25)24-11-9-23(10-12-24)14-20-22-16-5-3-4-6-19(16)28-20/h3-8,13H,9-12,14H2,1-2H3. The summed E-state index contributed by atoms with van der Waals surface area (Å²) in [5.74, 6) is 1.23. The Morgan fingerprint density at radius 2 is 1.79 bits per heavy atom. The molecule has 1 amide bonds. The Bertz CT molecular complexity index is 947. The normalized spacial score (nSPS) is 15.0. The first kappa shape index (κ1) is 18.7. The molecule has 0 bridgehead atoms. The highest BCUT2D eigenvalue weighted by atomic mass is 32.1. The lowest BCUT2D eigenvalue weighted by atomic mass is 10.1. The number of benzene rings is 2. The summed E-state index contributed by atoms with van der Waals surface area (Å²) in [7, 11) is 3.16. The van der Waals surface area contributed by atoms with Gasteiger partial charge in [-0.3, -0.25) is 9.69 Å². The lowest BCUT2D eigenvalue weighted by Crippen LogP contribution is -2.48. The van der Waals surface area contributed by atoms with Crippen LogP contribution in [0.2, 0.25) is 0 Å². The summed E-state index contributed by atoms with van der Waals surface area (Å²) in [5.41, 5.74) is 1.68. The molecule has 1 aliphatic rings. The first-order chi connectivity index (χ1) is 13.7. The Kier molecular flexibility index (Phi) is 5.45. The van der Waals surface area contributed by atoms with E-state index < -0.39 is 0 Å². The molecular weight excluding hydrogens is 374 g/mol. The molecule has 1 aliphatic heterocycles. The minimum absolute atomic E-state index is 0.0283. The summed E-state index contributed by atoms with van der Waals surface area (Å²) in [4.78, 5) is 21.8. The van der Waals surface area contributed by atoms with Gasteiger partial charge < -0.3 is 14.4 Å². The molecule has 1 saturated heterocycles. The molecule has 1 aromatic heterocycles. The van der Waals surface area contributed by atoms with E-state index in [2.05, 4.69) is 17.0 Å². The van der Waals surface area contributed by atoms with Gasteiger partial charge in [-0.05, 0) is 30.3 Å². The fraction of sp³-hybridized carbons (Fsp3) is 0.333. The summed E-state index contributed by atoms with van der Waals surface area (Å²) >= 11 is 1.74. The molecule has 0 N–H and O–H groups in total. The third kappa shape index (κ3) is 3.81. The van der Waals surface area contributed by atoms with Gasteiger partial charge in [-0.15, -0.1) is 11.3 Å². The second-order valence-electron chi connectivity index (χ2n) is 6.71. The van der Waals surface area contributed by atoms with Crippen LogP contribution in [0.5, 0.6) is 11.5 Å². The number of rotatable bonds is 5. The van der Waals surface area contributed by atoms with Gasteiger partial charge in [0.05, 0.1) is 31.0 Å². The van der Waals surface area contributed by atoms with Crippen molar-refractivity contribution < 1.29 is 14.3 Å². The molecule has 0 aliphatic carbocycles. The average Bonchev–Trinajstić information content (AvgIpc) is 3.15. The smallest absolute Gasteiger partial charge is 0.254 e. The molecule has 6 nitrogen and oxygen atoms in total. The van der Waals surface area contributed by atoms with Crippen LogP contribution in [0.4, 0.5) is 0 Å². The molecule has 1 fully saturated rings. The maximum absolute atomic E-state index is 12.9. The van der Waals surface area contributed by atoms with Crippen LogP contribution in [0.1, 0.15) is 15.4 Å². The summed E-state index contributed by atoms with van der Waals surface area (Å²) in [6.45, 7) is 3.93. The van der Waals surface area contributed by atoms with Crippen molar-refractivity contribution in [2.24, 2.45) is 0 Å². The van der Waals surface area contributed by atoms with Crippen molar-refractivity contribution >= 4 is 27.5 Å². The lowest BCUT2D eigenvalue weighted by Gasteiger charge is -2.34. The largest absolute Gasteiger partial charge is 0.493 e. The van der Waals surface area contributed by atoms with Crippen LogP contribution >= 0.6 is 11.3 Å². The Morgan fingerprint density at radius 1 is 1.04 bits per heavy atom. The van der Waals surface area contributed by atoms with Crippen LogP contribution in [0.15, 0.2) is 42.5 Å². The summed E-state index contributed by atoms with van der Waals surface area (Å²) in [6.07, 6.45) is 0. The first-order valence-electron chi connectivity index (χ1n) is 9.26. The number of hydrogen-bond acceptors (Lipinski definition) is 6. The SMILES string of the molecule is COc1ccc(C(=O)N2CCN(Cc3nc4ccccc4s3)CC2)cc1OC. The second kappa shape index (κ2) is 8.16. The van der Waals surface area contributed by atoms with Crippen LogP contribution in [0.3, 0.4) is 0 Å². The number of amides is 1. The number of nitrogens with zero attached hydrogens (tertiary/aromatic N) is 3. The van der Waals surface area contributed by atoms with Crippen molar-refractivity contribution in [3.63, 3.8) is 0 Å². The van der Waals surface area contributed by atoms with Crippen molar-refractivity contribution in [2.75, 3.05) is 40.4 Å². The average molecular weight is 398 g/mol. The molecular formula is C21H23N3O3S. The number of thiazole rings is 1. The van der Waals surface area contributed by atoms with Gasteiger partial charge in [0.1, 0.15) is 5.01 Å². The van der Waals surface area contributed by atoms with Gasteiger partial charge in [-0.1, -0.05) is 12.1 Å². The molecule has 7 heteroatoms.